The van der Waals surface area contributed by atoms with E-state index in [2.05, 4.69) is 41.5 Å². The van der Waals surface area contributed by atoms with Gasteiger partial charge in [-0.2, -0.15) is 0 Å². The summed E-state index contributed by atoms with van der Waals surface area (Å²) < 4.78 is 5.67. The third-order valence-corrected chi connectivity index (χ3v) is 3.40. The van der Waals surface area contributed by atoms with Gasteiger partial charge in [-0.15, -0.1) is 0 Å². The van der Waals surface area contributed by atoms with Gasteiger partial charge in [0, 0.05) is 12.1 Å². The van der Waals surface area contributed by atoms with E-state index in [1.807, 2.05) is 11.8 Å². The van der Waals surface area contributed by atoms with E-state index in [-0.39, 0.29) is 24.1 Å². The Hall–Kier alpha value is -0.570. The van der Waals surface area contributed by atoms with Gasteiger partial charge in [-0.05, 0) is 47.0 Å². The molecule has 3 nitrogen and oxygen atoms in total. The summed E-state index contributed by atoms with van der Waals surface area (Å²) in [6, 6.07) is 0.450. The van der Waals surface area contributed by atoms with Gasteiger partial charge < -0.3 is 9.64 Å². The molecule has 1 saturated heterocycles. The van der Waals surface area contributed by atoms with E-state index in [1.165, 1.54) is 0 Å². The van der Waals surface area contributed by atoms with Crippen LogP contribution in [-0.2, 0) is 9.53 Å². The fourth-order valence-electron chi connectivity index (χ4n) is 2.47. The van der Waals surface area contributed by atoms with Crippen LogP contribution in [0.4, 0.5) is 0 Å². The van der Waals surface area contributed by atoms with Gasteiger partial charge in [0.2, 0.25) is 0 Å². The summed E-state index contributed by atoms with van der Waals surface area (Å²) in [4.78, 5) is 14.4. The number of ether oxygens (including phenoxy) is 1. The number of hydrogen-bond acceptors (Lipinski definition) is 2. The van der Waals surface area contributed by atoms with Crippen molar-refractivity contribution >= 4 is 5.91 Å². The molecule has 100 valence electrons. The molecule has 1 rings (SSSR count). The standard InChI is InChI=1S/C14H27NO2/c1-9(2)8-12-14(7,17-12)13(16)15(10(3)4)11(5)6/h9-12H,8H2,1-7H3/t12-,14+/m0/s1. The average Bonchev–Trinajstić information content (AvgIpc) is 2.75. The van der Waals surface area contributed by atoms with E-state index in [1.54, 1.807) is 0 Å². The fraction of sp³-hybridized carbons (Fsp3) is 0.929. The van der Waals surface area contributed by atoms with Gasteiger partial charge in [0.15, 0.2) is 5.60 Å². The highest BCUT2D eigenvalue weighted by molar-refractivity contribution is 5.88. The molecule has 0 aliphatic carbocycles. The smallest absolute Gasteiger partial charge is 0.257 e. The summed E-state index contributed by atoms with van der Waals surface area (Å²) >= 11 is 0. The highest BCUT2D eigenvalue weighted by Gasteiger charge is 2.59. The fourth-order valence-corrected chi connectivity index (χ4v) is 2.47. The number of hydrogen-bond donors (Lipinski definition) is 0. The minimum absolute atomic E-state index is 0.106. The average molecular weight is 241 g/mol. The Balaban J connectivity index is 2.70. The number of carbonyl (C=O) groups excluding carboxylic acids is 1. The van der Waals surface area contributed by atoms with Crippen molar-refractivity contribution in [2.45, 2.75) is 78.7 Å². The summed E-state index contributed by atoms with van der Waals surface area (Å²) in [6.45, 7) is 14.5. The maximum absolute atomic E-state index is 12.5. The highest BCUT2D eigenvalue weighted by atomic mass is 16.6. The molecule has 1 fully saturated rings. The zero-order valence-corrected chi connectivity index (χ0v) is 12.3. The zero-order chi connectivity index (χ0) is 13.4. The second kappa shape index (κ2) is 4.97. The molecule has 1 aliphatic rings. The number of nitrogens with zero attached hydrogens (tertiary/aromatic N) is 1. The number of carbonyl (C=O) groups is 1. The topological polar surface area (TPSA) is 32.8 Å². The number of amides is 1. The predicted octanol–water partition coefficient (Wildman–Crippen LogP) is 2.84. The van der Waals surface area contributed by atoms with Crippen LogP contribution in [-0.4, -0.2) is 34.6 Å². The van der Waals surface area contributed by atoms with Crippen molar-refractivity contribution in [2.24, 2.45) is 5.92 Å². The van der Waals surface area contributed by atoms with E-state index < -0.39 is 5.60 Å². The van der Waals surface area contributed by atoms with Gasteiger partial charge in [0.05, 0.1) is 6.10 Å². The molecular formula is C14H27NO2. The number of epoxide rings is 1. The van der Waals surface area contributed by atoms with Crippen LogP contribution in [0.5, 0.6) is 0 Å². The van der Waals surface area contributed by atoms with Gasteiger partial charge in [-0.25, -0.2) is 0 Å². The Bertz CT molecular complexity index is 278. The Labute approximate surface area is 106 Å². The minimum atomic E-state index is -0.571. The third-order valence-electron chi connectivity index (χ3n) is 3.40. The van der Waals surface area contributed by atoms with Gasteiger partial charge in [0.25, 0.3) is 5.91 Å². The summed E-state index contributed by atoms with van der Waals surface area (Å²) in [7, 11) is 0. The quantitative estimate of drug-likeness (QED) is 0.693. The van der Waals surface area contributed by atoms with Crippen molar-refractivity contribution in [1.82, 2.24) is 4.90 Å². The predicted molar refractivity (Wildman–Crippen MR) is 69.9 cm³/mol. The van der Waals surface area contributed by atoms with Crippen LogP contribution in [0.25, 0.3) is 0 Å². The van der Waals surface area contributed by atoms with E-state index in [9.17, 15) is 4.79 Å². The third kappa shape index (κ3) is 3.01. The molecule has 0 radical (unpaired) electrons. The second-order valence-corrected chi connectivity index (χ2v) is 6.24. The SMILES string of the molecule is CC(C)C[C@@H]1O[C@@]1(C)C(=O)N(C(C)C)C(C)C. The van der Waals surface area contributed by atoms with Crippen molar-refractivity contribution in [1.29, 1.82) is 0 Å². The van der Waals surface area contributed by atoms with Crippen LogP contribution < -0.4 is 0 Å². The van der Waals surface area contributed by atoms with E-state index in [0.29, 0.717) is 5.92 Å². The molecule has 0 bridgehead atoms. The van der Waals surface area contributed by atoms with E-state index in [4.69, 9.17) is 4.74 Å². The maximum atomic E-state index is 12.5. The van der Waals surface area contributed by atoms with Crippen LogP contribution >= 0.6 is 0 Å². The molecule has 3 heteroatoms. The normalized spacial score (nSPS) is 28.0. The van der Waals surface area contributed by atoms with Crippen LogP contribution in [0.1, 0.15) is 54.9 Å². The van der Waals surface area contributed by atoms with Gasteiger partial charge in [-0.1, -0.05) is 13.8 Å². The Morgan fingerprint density at radius 1 is 1.18 bits per heavy atom. The van der Waals surface area contributed by atoms with Crippen molar-refractivity contribution in [2.75, 3.05) is 0 Å². The lowest BCUT2D eigenvalue weighted by Gasteiger charge is -2.32. The zero-order valence-electron chi connectivity index (χ0n) is 12.3. The Morgan fingerprint density at radius 2 is 1.65 bits per heavy atom. The molecule has 0 aromatic heterocycles. The molecule has 0 N–H and O–H groups in total. The Kier molecular flexibility index (Phi) is 4.23. The molecule has 0 spiro atoms. The highest BCUT2D eigenvalue weighted by Crippen LogP contribution is 2.42. The van der Waals surface area contributed by atoms with Crippen LogP contribution in [0.2, 0.25) is 0 Å². The molecule has 0 saturated carbocycles. The first-order chi connectivity index (χ1) is 7.70. The molecule has 1 amide bonds. The lowest BCUT2D eigenvalue weighted by molar-refractivity contribution is -0.140. The first kappa shape index (κ1) is 14.5. The molecule has 1 aliphatic heterocycles. The first-order valence-corrected chi connectivity index (χ1v) is 6.70. The van der Waals surface area contributed by atoms with Crippen molar-refractivity contribution in [3.8, 4) is 0 Å². The molecule has 0 aromatic carbocycles. The van der Waals surface area contributed by atoms with Gasteiger partial charge >= 0.3 is 0 Å². The van der Waals surface area contributed by atoms with Crippen LogP contribution in [0, 0.1) is 5.92 Å². The van der Waals surface area contributed by atoms with Gasteiger partial charge in [-0.3, -0.25) is 4.79 Å². The first-order valence-electron chi connectivity index (χ1n) is 6.70. The number of rotatable bonds is 5. The summed E-state index contributed by atoms with van der Waals surface area (Å²) in [5, 5.41) is 0. The maximum Gasteiger partial charge on any atom is 0.257 e. The molecular weight excluding hydrogens is 214 g/mol. The lowest BCUT2D eigenvalue weighted by atomic mass is 9.97. The monoisotopic (exact) mass is 241 g/mol. The second-order valence-electron chi connectivity index (χ2n) is 6.24. The Morgan fingerprint density at radius 3 is 2.00 bits per heavy atom. The molecule has 0 aromatic rings. The molecule has 2 atom stereocenters. The van der Waals surface area contributed by atoms with Crippen molar-refractivity contribution < 1.29 is 9.53 Å². The van der Waals surface area contributed by atoms with E-state index in [0.717, 1.165) is 6.42 Å². The van der Waals surface area contributed by atoms with E-state index >= 15 is 0 Å². The summed E-state index contributed by atoms with van der Waals surface area (Å²) in [5.74, 6) is 0.717. The summed E-state index contributed by atoms with van der Waals surface area (Å²) in [5.41, 5.74) is -0.571. The van der Waals surface area contributed by atoms with Crippen molar-refractivity contribution in [3.05, 3.63) is 0 Å². The molecule has 0 unspecified atom stereocenters. The molecule has 17 heavy (non-hydrogen) atoms. The lowest BCUT2D eigenvalue weighted by Crippen LogP contribution is -2.48. The van der Waals surface area contributed by atoms with Gasteiger partial charge in [0.1, 0.15) is 0 Å². The summed E-state index contributed by atoms with van der Waals surface area (Å²) in [6.07, 6.45) is 1.07. The molecule has 1 heterocycles. The van der Waals surface area contributed by atoms with Crippen LogP contribution in [0.3, 0.4) is 0 Å². The largest absolute Gasteiger partial charge is 0.356 e. The minimum Gasteiger partial charge on any atom is -0.356 e. The van der Waals surface area contributed by atoms with Crippen molar-refractivity contribution in [3.63, 3.8) is 0 Å². The van der Waals surface area contributed by atoms with Crippen LogP contribution in [0.15, 0.2) is 0 Å².